The van der Waals surface area contributed by atoms with Crippen LogP contribution in [0, 0.1) is 0 Å². The molecule has 1 aromatic carbocycles. The molecule has 3 heterocycles. The Bertz CT molecular complexity index is 983. The van der Waals surface area contributed by atoms with Crippen LogP contribution in [0.4, 0.5) is 0 Å². The van der Waals surface area contributed by atoms with E-state index >= 15 is 0 Å². The molecule has 0 unspecified atom stereocenters. The summed E-state index contributed by atoms with van der Waals surface area (Å²) in [6.45, 7) is 0. The smallest absolute Gasteiger partial charge is 0.264 e. The Labute approximate surface area is 127 Å². The fraction of sp³-hybridized carbons (Fsp3) is 0.0714. The second-order valence-corrected chi connectivity index (χ2v) is 6.26. The Morgan fingerprint density at radius 1 is 1.24 bits per heavy atom. The van der Waals surface area contributed by atoms with E-state index in [1.807, 2.05) is 29.6 Å². The van der Waals surface area contributed by atoms with E-state index < -0.39 is 0 Å². The van der Waals surface area contributed by atoms with Gasteiger partial charge in [-0.1, -0.05) is 12.1 Å². The molecule has 0 saturated carbocycles. The predicted molar refractivity (Wildman–Crippen MR) is 83.0 cm³/mol. The summed E-state index contributed by atoms with van der Waals surface area (Å²) in [7, 11) is 1.71. The molecule has 0 bridgehead atoms. The van der Waals surface area contributed by atoms with Crippen molar-refractivity contribution in [2.24, 2.45) is 7.05 Å². The second kappa shape index (κ2) is 4.71. The summed E-state index contributed by atoms with van der Waals surface area (Å²) in [6, 6.07) is 9.35. The van der Waals surface area contributed by atoms with Crippen molar-refractivity contribution in [1.29, 1.82) is 0 Å². The Balaban J connectivity index is 1.83. The lowest BCUT2D eigenvalue weighted by molar-refractivity contribution is 0.487. The molecule has 0 aliphatic heterocycles. The van der Waals surface area contributed by atoms with E-state index in [2.05, 4.69) is 9.97 Å². The minimum Gasteiger partial charge on any atom is -0.431 e. The van der Waals surface area contributed by atoms with Crippen LogP contribution in [0.5, 0.6) is 0 Å². The highest BCUT2D eigenvalue weighted by Gasteiger charge is 2.14. The SMILES string of the molecule is Cn1c(Sc2nc3ccccc3o2)nc2sccc2c1=O. The molecular weight excluding hydrogens is 306 g/mol. The van der Waals surface area contributed by atoms with Crippen molar-refractivity contribution < 1.29 is 4.42 Å². The van der Waals surface area contributed by atoms with E-state index in [0.717, 1.165) is 15.9 Å². The zero-order valence-corrected chi connectivity index (χ0v) is 12.6. The van der Waals surface area contributed by atoms with Gasteiger partial charge in [-0.05, 0) is 23.6 Å². The molecule has 3 aromatic heterocycles. The standard InChI is InChI=1S/C14H9N3O2S2/c1-17-12(18)8-6-7-20-11(8)16-13(17)21-14-15-9-4-2-3-5-10(9)19-14/h2-7H,1H3. The average molecular weight is 315 g/mol. The lowest BCUT2D eigenvalue weighted by Gasteiger charge is -2.03. The fourth-order valence-corrected chi connectivity index (χ4v) is 3.64. The number of aromatic nitrogens is 3. The number of thiophene rings is 1. The third-order valence-electron chi connectivity index (χ3n) is 3.12. The van der Waals surface area contributed by atoms with Crippen molar-refractivity contribution in [2.45, 2.75) is 10.4 Å². The van der Waals surface area contributed by atoms with Crippen molar-refractivity contribution in [2.75, 3.05) is 0 Å². The molecule has 104 valence electrons. The van der Waals surface area contributed by atoms with Crippen LogP contribution in [0.3, 0.4) is 0 Å². The molecule has 0 amide bonds. The van der Waals surface area contributed by atoms with Gasteiger partial charge in [0.15, 0.2) is 10.7 Å². The molecule has 0 aliphatic rings. The molecule has 0 radical (unpaired) electrons. The third-order valence-corrected chi connectivity index (χ3v) is 4.82. The number of fused-ring (bicyclic) bond motifs is 2. The highest BCUT2D eigenvalue weighted by molar-refractivity contribution is 7.99. The number of rotatable bonds is 2. The quantitative estimate of drug-likeness (QED) is 0.531. The maximum absolute atomic E-state index is 12.2. The third kappa shape index (κ3) is 2.05. The first-order valence-corrected chi connectivity index (χ1v) is 7.89. The monoisotopic (exact) mass is 315 g/mol. The van der Waals surface area contributed by atoms with E-state index in [9.17, 15) is 4.79 Å². The first kappa shape index (κ1) is 12.6. The molecule has 5 nitrogen and oxygen atoms in total. The van der Waals surface area contributed by atoms with Crippen LogP contribution in [0.25, 0.3) is 21.3 Å². The Kier molecular flexibility index (Phi) is 2.83. The summed E-state index contributed by atoms with van der Waals surface area (Å²) >= 11 is 2.70. The summed E-state index contributed by atoms with van der Waals surface area (Å²) in [4.78, 5) is 21.9. The maximum atomic E-state index is 12.2. The second-order valence-electron chi connectivity index (χ2n) is 4.45. The molecule has 4 rings (SSSR count). The van der Waals surface area contributed by atoms with E-state index in [0.29, 0.717) is 15.8 Å². The maximum Gasteiger partial charge on any atom is 0.264 e. The highest BCUT2D eigenvalue weighted by Crippen LogP contribution is 2.29. The normalized spacial score (nSPS) is 11.5. The molecule has 21 heavy (non-hydrogen) atoms. The fourth-order valence-electron chi connectivity index (χ4n) is 2.04. The van der Waals surface area contributed by atoms with E-state index in [1.165, 1.54) is 27.7 Å². The largest absolute Gasteiger partial charge is 0.431 e. The van der Waals surface area contributed by atoms with Crippen LogP contribution in [0.2, 0.25) is 0 Å². The lowest BCUT2D eigenvalue weighted by atomic mass is 10.3. The van der Waals surface area contributed by atoms with Crippen molar-refractivity contribution >= 4 is 44.4 Å². The van der Waals surface area contributed by atoms with Crippen LogP contribution in [-0.4, -0.2) is 14.5 Å². The molecular formula is C14H9N3O2S2. The van der Waals surface area contributed by atoms with Gasteiger partial charge in [0.25, 0.3) is 10.8 Å². The summed E-state index contributed by atoms with van der Waals surface area (Å²) < 4.78 is 7.18. The summed E-state index contributed by atoms with van der Waals surface area (Å²) in [5.41, 5.74) is 1.46. The van der Waals surface area contributed by atoms with Gasteiger partial charge in [-0.3, -0.25) is 9.36 Å². The van der Waals surface area contributed by atoms with E-state index in [-0.39, 0.29) is 5.56 Å². The van der Waals surface area contributed by atoms with Gasteiger partial charge in [-0.25, -0.2) is 9.97 Å². The summed E-state index contributed by atoms with van der Waals surface area (Å²) in [5, 5.41) is 3.56. The van der Waals surface area contributed by atoms with Crippen molar-refractivity contribution in [1.82, 2.24) is 14.5 Å². The number of para-hydroxylation sites is 2. The molecule has 0 N–H and O–H groups in total. The molecule has 0 spiro atoms. The van der Waals surface area contributed by atoms with Crippen LogP contribution in [0.1, 0.15) is 0 Å². The van der Waals surface area contributed by atoms with Crippen LogP contribution in [0.15, 0.2) is 55.3 Å². The predicted octanol–water partition coefficient (Wildman–Crippen LogP) is 3.29. The molecule has 7 heteroatoms. The number of hydrogen-bond donors (Lipinski definition) is 0. The van der Waals surface area contributed by atoms with Crippen molar-refractivity contribution in [3.8, 4) is 0 Å². The average Bonchev–Trinajstić information content (AvgIpc) is 3.10. The Hall–Kier alpha value is -2.12. The zero-order chi connectivity index (χ0) is 14.4. The van der Waals surface area contributed by atoms with E-state index in [4.69, 9.17) is 4.42 Å². The number of benzene rings is 1. The molecule has 0 aliphatic carbocycles. The van der Waals surface area contributed by atoms with Crippen LogP contribution < -0.4 is 5.56 Å². The van der Waals surface area contributed by atoms with Gasteiger partial charge in [0, 0.05) is 18.8 Å². The molecule has 4 aromatic rings. The van der Waals surface area contributed by atoms with Gasteiger partial charge in [0.05, 0.1) is 5.39 Å². The lowest BCUT2D eigenvalue weighted by Crippen LogP contribution is -2.18. The molecule has 0 saturated heterocycles. The summed E-state index contributed by atoms with van der Waals surface area (Å²) in [6.07, 6.45) is 0. The first-order chi connectivity index (χ1) is 10.2. The first-order valence-electron chi connectivity index (χ1n) is 6.20. The summed E-state index contributed by atoms with van der Waals surface area (Å²) in [5.74, 6) is 0. The number of nitrogens with zero attached hydrogens (tertiary/aromatic N) is 3. The van der Waals surface area contributed by atoms with Gasteiger partial charge in [0.1, 0.15) is 10.3 Å². The van der Waals surface area contributed by atoms with Gasteiger partial charge < -0.3 is 4.42 Å². The van der Waals surface area contributed by atoms with Gasteiger partial charge in [-0.15, -0.1) is 11.3 Å². The van der Waals surface area contributed by atoms with Gasteiger partial charge >= 0.3 is 0 Å². The van der Waals surface area contributed by atoms with Crippen LogP contribution >= 0.6 is 23.1 Å². The Morgan fingerprint density at radius 2 is 2.10 bits per heavy atom. The van der Waals surface area contributed by atoms with Crippen LogP contribution in [-0.2, 0) is 7.05 Å². The highest BCUT2D eigenvalue weighted by atomic mass is 32.2. The van der Waals surface area contributed by atoms with Gasteiger partial charge in [0.2, 0.25) is 0 Å². The molecule has 0 fully saturated rings. The minimum atomic E-state index is -0.0557. The number of oxazole rings is 1. The molecule has 0 atom stereocenters. The zero-order valence-electron chi connectivity index (χ0n) is 10.9. The topological polar surface area (TPSA) is 60.9 Å². The minimum absolute atomic E-state index is 0.0557. The van der Waals surface area contributed by atoms with E-state index in [1.54, 1.807) is 13.1 Å². The van der Waals surface area contributed by atoms with Crippen molar-refractivity contribution in [3.63, 3.8) is 0 Å². The van der Waals surface area contributed by atoms with Crippen molar-refractivity contribution in [3.05, 3.63) is 46.1 Å². The number of hydrogen-bond acceptors (Lipinski definition) is 6. The van der Waals surface area contributed by atoms with Gasteiger partial charge in [-0.2, -0.15) is 0 Å². The Morgan fingerprint density at radius 3 is 2.95 bits per heavy atom.